The Bertz CT molecular complexity index is 529. The molecule has 0 N–H and O–H groups in total. The van der Waals surface area contributed by atoms with E-state index >= 15 is 0 Å². The zero-order chi connectivity index (χ0) is 12.3. The van der Waals surface area contributed by atoms with Gasteiger partial charge in [0.25, 0.3) is 0 Å². The molecule has 2 rings (SSSR count). The van der Waals surface area contributed by atoms with Gasteiger partial charge in [-0.2, -0.15) is 0 Å². The number of carbonyl (C=O) groups excluding carboxylic acids is 1. The molecule has 0 unspecified atom stereocenters. The highest BCUT2D eigenvalue weighted by Gasteiger charge is 2.12. The van der Waals surface area contributed by atoms with Crippen LogP contribution in [0, 0.1) is 6.92 Å². The fraction of sp³-hybridized carbons (Fsp3) is 0.214. The summed E-state index contributed by atoms with van der Waals surface area (Å²) in [4.78, 5) is 12.1. The van der Waals surface area contributed by atoms with Crippen molar-refractivity contribution >= 4 is 17.6 Å². The van der Waals surface area contributed by atoms with Gasteiger partial charge in [-0.3, -0.25) is 4.79 Å². The maximum Gasteiger partial charge on any atom is 0.153 e. The quantitative estimate of drug-likeness (QED) is 0.764. The standard InChI is InChI=1S/C14H14O2S/c1-3-16-14-11(8-15)5-4-6-12(14)13-7-10(2)9-17-13/h4-9H,3H2,1-2H3. The molecule has 2 nitrogen and oxygen atoms in total. The largest absolute Gasteiger partial charge is 0.492 e. The van der Waals surface area contributed by atoms with Gasteiger partial charge in [-0.25, -0.2) is 0 Å². The number of rotatable bonds is 4. The fourth-order valence-electron chi connectivity index (χ4n) is 1.72. The van der Waals surface area contributed by atoms with Crippen molar-refractivity contribution < 1.29 is 9.53 Å². The number of aryl methyl sites for hydroxylation is 1. The van der Waals surface area contributed by atoms with E-state index in [1.54, 1.807) is 17.4 Å². The molecule has 1 heterocycles. The summed E-state index contributed by atoms with van der Waals surface area (Å²) in [6.07, 6.45) is 0.842. The lowest BCUT2D eigenvalue weighted by molar-refractivity contribution is 0.112. The van der Waals surface area contributed by atoms with Gasteiger partial charge in [0.05, 0.1) is 12.2 Å². The first kappa shape index (κ1) is 11.9. The summed E-state index contributed by atoms with van der Waals surface area (Å²) in [7, 11) is 0. The number of hydrogen-bond donors (Lipinski definition) is 0. The minimum atomic E-state index is 0.558. The Morgan fingerprint density at radius 2 is 2.24 bits per heavy atom. The lowest BCUT2D eigenvalue weighted by Gasteiger charge is -2.10. The molecule has 0 amide bonds. The number of hydrogen-bond acceptors (Lipinski definition) is 3. The molecule has 3 heteroatoms. The minimum Gasteiger partial charge on any atom is -0.492 e. The van der Waals surface area contributed by atoms with Gasteiger partial charge in [0.1, 0.15) is 5.75 Å². The fourth-order valence-corrected chi connectivity index (χ4v) is 2.64. The molecule has 0 aliphatic heterocycles. The van der Waals surface area contributed by atoms with E-state index in [0.29, 0.717) is 17.9 Å². The molecule has 88 valence electrons. The van der Waals surface area contributed by atoms with Gasteiger partial charge in [0.2, 0.25) is 0 Å². The third-order valence-electron chi connectivity index (χ3n) is 2.46. The second-order valence-electron chi connectivity index (χ2n) is 3.76. The Labute approximate surface area is 105 Å². The summed E-state index contributed by atoms with van der Waals surface area (Å²) in [6.45, 7) is 4.54. The average molecular weight is 246 g/mol. The third-order valence-corrected chi connectivity index (χ3v) is 3.54. The van der Waals surface area contributed by atoms with Crippen LogP contribution in [0.3, 0.4) is 0 Å². The Kier molecular flexibility index (Phi) is 3.59. The summed E-state index contributed by atoms with van der Waals surface area (Å²) in [5.41, 5.74) is 2.83. The Morgan fingerprint density at radius 3 is 2.82 bits per heavy atom. The average Bonchev–Trinajstić information content (AvgIpc) is 2.76. The van der Waals surface area contributed by atoms with Crippen molar-refractivity contribution in [2.75, 3.05) is 6.61 Å². The van der Waals surface area contributed by atoms with Gasteiger partial charge < -0.3 is 4.74 Å². The van der Waals surface area contributed by atoms with Crippen molar-refractivity contribution in [3.8, 4) is 16.2 Å². The van der Waals surface area contributed by atoms with E-state index in [1.165, 1.54) is 5.56 Å². The monoisotopic (exact) mass is 246 g/mol. The van der Waals surface area contributed by atoms with Crippen LogP contribution in [-0.2, 0) is 0 Å². The molecule has 2 aromatic rings. The zero-order valence-corrected chi connectivity index (χ0v) is 10.7. The molecular formula is C14H14O2S. The molecule has 1 aromatic heterocycles. The van der Waals surface area contributed by atoms with Crippen molar-refractivity contribution in [1.29, 1.82) is 0 Å². The van der Waals surface area contributed by atoms with Gasteiger partial charge >= 0.3 is 0 Å². The molecule has 1 aromatic carbocycles. The van der Waals surface area contributed by atoms with Gasteiger partial charge in [-0.15, -0.1) is 11.3 Å². The van der Waals surface area contributed by atoms with Crippen LogP contribution in [0.15, 0.2) is 29.6 Å². The van der Waals surface area contributed by atoms with E-state index in [4.69, 9.17) is 4.74 Å². The third kappa shape index (κ3) is 2.39. The van der Waals surface area contributed by atoms with Crippen LogP contribution in [-0.4, -0.2) is 12.9 Å². The van der Waals surface area contributed by atoms with Crippen LogP contribution in [0.1, 0.15) is 22.8 Å². The maximum absolute atomic E-state index is 11.0. The number of thiophene rings is 1. The van der Waals surface area contributed by atoms with Gasteiger partial charge in [-0.05, 0) is 43.0 Å². The summed E-state index contributed by atoms with van der Waals surface area (Å²) in [6, 6.07) is 7.76. The molecule has 0 fully saturated rings. The summed E-state index contributed by atoms with van der Waals surface area (Å²) < 4.78 is 5.60. The first-order valence-corrected chi connectivity index (χ1v) is 6.40. The number of carbonyl (C=O) groups is 1. The minimum absolute atomic E-state index is 0.558. The summed E-state index contributed by atoms with van der Waals surface area (Å²) >= 11 is 1.67. The topological polar surface area (TPSA) is 26.3 Å². The molecule has 0 spiro atoms. The van der Waals surface area contributed by atoms with Gasteiger partial charge in [0, 0.05) is 10.4 Å². The second kappa shape index (κ2) is 5.15. The normalized spacial score (nSPS) is 10.2. The Morgan fingerprint density at radius 1 is 1.41 bits per heavy atom. The van der Waals surface area contributed by atoms with E-state index in [1.807, 2.05) is 19.1 Å². The number of aldehydes is 1. The van der Waals surface area contributed by atoms with E-state index in [0.717, 1.165) is 16.7 Å². The maximum atomic E-state index is 11.0. The highest BCUT2D eigenvalue weighted by molar-refractivity contribution is 7.13. The SMILES string of the molecule is CCOc1c(C=O)cccc1-c1cc(C)cs1. The first-order valence-electron chi connectivity index (χ1n) is 5.52. The molecule has 0 aliphatic rings. The lowest BCUT2D eigenvalue weighted by Crippen LogP contribution is -1.97. The number of para-hydroxylation sites is 1. The van der Waals surface area contributed by atoms with Gasteiger partial charge in [-0.1, -0.05) is 6.07 Å². The molecule has 0 atom stereocenters. The van der Waals surface area contributed by atoms with Crippen LogP contribution in [0.4, 0.5) is 0 Å². The molecule has 0 aliphatic carbocycles. The Balaban J connectivity index is 2.56. The van der Waals surface area contributed by atoms with E-state index in [2.05, 4.69) is 18.4 Å². The van der Waals surface area contributed by atoms with Crippen LogP contribution < -0.4 is 4.74 Å². The summed E-state index contributed by atoms with van der Waals surface area (Å²) in [5, 5.41) is 2.10. The van der Waals surface area contributed by atoms with E-state index in [-0.39, 0.29) is 0 Å². The molecule has 0 saturated heterocycles. The van der Waals surface area contributed by atoms with Crippen molar-refractivity contribution in [2.45, 2.75) is 13.8 Å². The second-order valence-corrected chi connectivity index (χ2v) is 4.67. The van der Waals surface area contributed by atoms with Crippen LogP contribution in [0.5, 0.6) is 5.75 Å². The molecule has 0 radical (unpaired) electrons. The van der Waals surface area contributed by atoms with E-state index < -0.39 is 0 Å². The highest BCUT2D eigenvalue weighted by atomic mass is 32.1. The van der Waals surface area contributed by atoms with Crippen LogP contribution >= 0.6 is 11.3 Å². The van der Waals surface area contributed by atoms with E-state index in [9.17, 15) is 4.79 Å². The molecule has 17 heavy (non-hydrogen) atoms. The predicted molar refractivity (Wildman–Crippen MR) is 71.0 cm³/mol. The van der Waals surface area contributed by atoms with Crippen LogP contribution in [0.2, 0.25) is 0 Å². The molecule has 0 bridgehead atoms. The first-order chi connectivity index (χ1) is 8.26. The Hall–Kier alpha value is -1.61. The molecular weight excluding hydrogens is 232 g/mol. The van der Waals surface area contributed by atoms with Crippen molar-refractivity contribution in [3.63, 3.8) is 0 Å². The number of benzene rings is 1. The predicted octanol–water partition coefficient (Wildman–Crippen LogP) is 3.93. The highest BCUT2D eigenvalue weighted by Crippen LogP contribution is 2.36. The van der Waals surface area contributed by atoms with Crippen molar-refractivity contribution in [1.82, 2.24) is 0 Å². The zero-order valence-electron chi connectivity index (χ0n) is 9.90. The van der Waals surface area contributed by atoms with Crippen molar-refractivity contribution in [3.05, 3.63) is 40.8 Å². The van der Waals surface area contributed by atoms with Crippen LogP contribution in [0.25, 0.3) is 10.4 Å². The van der Waals surface area contributed by atoms with Crippen molar-refractivity contribution in [2.24, 2.45) is 0 Å². The number of ether oxygens (including phenoxy) is 1. The smallest absolute Gasteiger partial charge is 0.153 e. The van der Waals surface area contributed by atoms with Gasteiger partial charge in [0.15, 0.2) is 6.29 Å². The summed E-state index contributed by atoms with van der Waals surface area (Å²) in [5.74, 6) is 0.687. The molecule has 0 saturated carbocycles. The lowest BCUT2D eigenvalue weighted by atomic mass is 10.1.